The minimum atomic E-state index is -0.461. The fourth-order valence-electron chi connectivity index (χ4n) is 6.16. The Labute approximate surface area is 239 Å². The minimum Gasteiger partial charge on any atom is -0.444 e. The van der Waals surface area contributed by atoms with Crippen molar-refractivity contribution in [1.82, 2.24) is 4.90 Å². The average Bonchev–Trinajstić information content (AvgIpc) is 3.21. The Balaban J connectivity index is 0.00000183. The van der Waals surface area contributed by atoms with Gasteiger partial charge in [-0.2, -0.15) is 0 Å². The number of anilines is 2. The number of piperazine rings is 1. The van der Waals surface area contributed by atoms with Gasteiger partial charge in [0.2, 0.25) is 0 Å². The van der Waals surface area contributed by atoms with Gasteiger partial charge < -0.3 is 19.9 Å². The van der Waals surface area contributed by atoms with E-state index in [1.807, 2.05) is 41.5 Å². The predicted molar refractivity (Wildman–Crippen MR) is 168 cm³/mol. The van der Waals surface area contributed by atoms with E-state index in [9.17, 15) is 4.79 Å². The molecular weight excluding hydrogens is 484 g/mol. The zero-order valence-corrected chi connectivity index (χ0v) is 25.7. The molecule has 6 nitrogen and oxygen atoms in total. The van der Waals surface area contributed by atoms with Crippen LogP contribution in [-0.4, -0.2) is 48.6 Å². The van der Waals surface area contributed by atoms with Gasteiger partial charge in [0.1, 0.15) is 11.4 Å². The van der Waals surface area contributed by atoms with Gasteiger partial charge in [0, 0.05) is 45.2 Å². The molecule has 4 rings (SSSR count). The summed E-state index contributed by atoms with van der Waals surface area (Å²) in [6.07, 6.45) is 11.2. The van der Waals surface area contributed by atoms with Gasteiger partial charge in [-0.05, 0) is 95.1 Å². The lowest BCUT2D eigenvalue weighted by Crippen LogP contribution is -2.50. The molecule has 1 aromatic carbocycles. The summed E-state index contributed by atoms with van der Waals surface area (Å²) in [6.45, 7) is 19.4. The van der Waals surface area contributed by atoms with Crippen molar-refractivity contribution in [2.45, 2.75) is 93.1 Å². The summed E-state index contributed by atoms with van der Waals surface area (Å²) in [7, 11) is 0. The molecule has 2 unspecified atom stereocenters. The molecule has 3 aliphatic rings. The first kappa shape index (κ1) is 30.8. The second kappa shape index (κ2) is 14.0. The molecule has 1 saturated heterocycles. The molecule has 0 spiro atoms. The lowest BCUT2D eigenvalue weighted by Gasteiger charge is -2.36. The Hall–Kier alpha value is -2.76. The first-order chi connectivity index (χ1) is 18.6. The molecule has 1 saturated carbocycles. The number of rotatable bonds is 4. The molecule has 2 fully saturated rings. The van der Waals surface area contributed by atoms with Crippen molar-refractivity contribution in [2.75, 3.05) is 36.4 Å². The number of carbonyl (C=O) groups excluding carboxylic acids is 1. The van der Waals surface area contributed by atoms with Gasteiger partial charge in [-0.3, -0.25) is 0 Å². The summed E-state index contributed by atoms with van der Waals surface area (Å²) in [5.74, 6) is 2.97. The van der Waals surface area contributed by atoms with Crippen LogP contribution in [0.4, 0.5) is 16.2 Å². The smallest absolute Gasteiger partial charge is 0.410 e. The number of carbonyl (C=O) groups is 1. The molecule has 1 aliphatic heterocycles. The van der Waals surface area contributed by atoms with Crippen LogP contribution in [0.2, 0.25) is 0 Å². The fraction of sp³-hybridized carbons (Fsp3) is 0.636. The van der Waals surface area contributed by atoms with Gasteiger partial charge in [-0.15, -0.1) is 0 Å². The lowest BCUT2D eigenvalue weighted by molar-refractivity contribution is 0.0240. The molecule has 2 atom stereocenters. The van der Waals surface area contributed by atoms with Gasteiger partial charge in [-0.1, -0.05) is 51.7 Å². The highest BCUT2D eigenvalue weighted by Gasteiger charge is 2.34. The SMILES string of the molecule is CC.CC1=C/C(=C/N=C(C)Nc2ccc(N3CCN(C(=O)OC(C)(C)C)CC3)cc2)C(C)C1C1CCCCC1.[HH]. The first-order valence-electron chi connectivity index (χ1n) is 15.1. The number of allylic oxidation sites excluding steroid dienone is 3. The van der Waals surface area contributed by atoms with Crippen molar-refractivity contribution >= 4 is 23.3 Å². The maximum atomic E-state index is 12.3. The van der Waals surface area contributed by atoms with Crippen LogP contribution in [-0.2, 0) is 4.74 Å². The fourth-order valence-corrected chi connectivity index (χ4v) is 6.16. The summed E-state index contributed by atoms with van der Waals surface area (Å²) in [4.78, 5) is 21.2. The summed E-state index contributed by atoms with van der Waals surface area (Å²) < 4.78 is 5.51. The van der Waals surface area contributed by atoms with Gasteiger partial charge in [0.25, 0.3) is 0 Å². The average molecular weight is 539 g/mol. The van der Waals surface area contributed by atoms with Crippen LogP contribution in [0.1, 0.15) is 88.9 Å². The molecule has 1 aromatic rings. The van der Waals surface area contributed by atoms with Crippen LogP contribution in [0.15, 0.2) is 52.7 Å². The number of amidine groups is 1. The van der Waals surface area contributed by atoms with Gasteiger partial charge in [0.05, 0.1) is 0 Å². The first-order valence-corrected chi connectivity index (χ1v) is 15.1. The van der Waals surface area contributed by atoms with Crippen molar-refractivity contribution in [3.8, 4) is 0 Å². The van der Waals surface area contributed by atoms with Crippen LogP contribution < -0.4 is 10.2 Å². The second-order valence-corrected chi connectivity index (χ2v) is 12.1. The molecule has 0 bridgehead atoms. The van der Waals surface area contributed by atoms with Crippen LogP contribution in [0.25, 0.3) is 0 Å². The topological polar surface area (TPSA) is 57.2 Å². The van der Waals surface area contributed by atoms with Crippen LogP contribution >= 0.6 is 0 Å². The number of hydrogen-bond donors (Lipinski definition) is 1. The highest BCUT2D eigenvalue weighted by Crippen LogP contribution is 2.45. The molecular formula is C33H54N4O2. The molecule has 39 heavy (non-hydrogen) atoms. The van der Waals surface area contributed by atoms with Crippen LogP contribution in [0, 0.1) is 17.8 Å². The van der Waals surface area contributed by atoms with Crippen LogP contribution in [0.5, 0.6) is 0 Å². The third-order valence-corrected chi connectivity index (χ3v) is 8.04. The summed E-state index contributed by atoms with van der Waals surface area (Å²) >= 11 is 0. The summed E-state index contributed by atoms with van der Waals surface area (Å²) in [5, 5.41) is 3.44. The Morgan fingerprint density at radius 1 is 1.05 bits per heavy atom. The number of benzene rings is 1. The number of hydrogen-bond acceptors (Lipinski definition) is 4. The van der Waals surface area contributed by atoms with Gasteiger partial charge in [-0.25, -0.2) is 9.79 Å². The Morgan fingerprint density at radius 2 is 1.67 bits per heavy atom. The molecule has 0 radical (unpaired) electrons. The molecule has 2 aliphatic carbocycles. The summed E-state index contributed by atoms with van der Waals surface area (Å²) in [5.41, 5.74) is 4.63. The van der Waals surface area contributed by atoms with Gasteiger partial charge in [0.15, 0.2) is 0 Å². The quantitative estimate of drug-likeness (QED) is 0.308. The van der Waals surface area contributed by atoms with E-state index in [-0.39, 0.29) is 7.52 Å². The summed E-state index contributed by atoms with van der Waals surface area (Å²) in [6, 6.07) is 8.47. The van der Waals surface area contributed by atoms with Crippen molar-refractivity contribution in [2.24, 2.45) is 22.7 Å². The van der Waals surface area contributed by atoms with E-state index in [2.05, 4.69) is 60.6 Å². The Morgan fingerprint density at radius 3 is 2.26 bits per heavy atom. The zero-order chi connectivity index (χ0) is 28.6. The third-order valence-electron chi connectivity index (χ3n) is 8.04. The predicted octanol–water partition coefficient (Wildman–Crippen LogP) is 8.52. The molecule has 1 amide bonds. The lowest BCUT2D eigenvalue weighted by atomic mass is 9.73. The largest absolute Gasteiger partial charge is 0.444 e. The molecule has 6 heteroatoms. The molecule has 1 heterocycles. The van der Waals surface area contributed by atoms with E-state index in [1.54, 1.807) is 4.90 Å². The van der Waals surface area contributed by atoms with Gasteiger partial charge >= 0.3 is 6.09 Å². The van der Waals surface area contributed by atoms with Crippen molar-refractivity contribution < 1.29 is 11.0 Å². The van der Waals surface area contributed by atoms with E-state index in [4.69, 9.17) is 9.73 Å². The Kier molecular flexibility index (Phi) is 11.1. The van der Waals surface area contributed by atoms with Crippen molar-refractivity contribution in [3.05, 3.63) is 47.7 Å². The maximum absolute atomic E-state index is 12.3. The van der Waals surface area contributed by atoms with Crippen molar-refractivity contribution in [1.29, 1.82) is 0 Å². The monoisotopic (exact) mass is 538 g/mol. The second-order valence-electron chi connectivity index (χ2n) is 12.1. The molecule has 1 N–H and O–H groups in total. The van der Waals surface area contributed by atoms with Crippen molar-refractivity contribution in [3.63, 3.8) is 0 Å². The van der Waals surface area contributed by atoms with E-state index >= 15 is 0 Å². The number of nitrogens with one attached hydrogen (secondary N) is 1. The molecule has 0 aromatic heterocycles. The highest BCUT2D eigenvalue weighted by molar-refractivity contribution is 5.94. The maximum Gasteiger partial charge on any atom is 0.410 e. The Bertz CT molecular complexity index is 1030. The van der Waals surface area contributed by atoms with E-state index < -0.39 is 5.60 Å². The van der Waals surface area contributed by atoms with E-state index in [0.717, 1.165) is 30.5 Å². The highest BCUT2D eigenvalue weighted by atomic mass is 16.6. The zero-order valence-electron chi connectivity index (χ0n) is 25.7. The normalized spacial score (nSPS) is 23.7. The van der Waals surface area contributed by atoms with Crippen LogP contribution in [0.3, 0.4) is 0 Å². The third kappa shape index (κ3) is 8.61. The standard InChI is InChI=1S/C31H46N4O2.C2H6.H2/c1-22-20-26(23(2)29(22)25-10-8-7-9-11-25)21-32-24(3)33-27-12-14-28(15-13-27)34-16-18-35(19-17-34)30(36)37-31(4,5)6;1-2;/h12-15,20-21,23,25,29H,7-11,16-19H2,1-6H3,(H,32,33);1-2H3;1H/b26-21-;;. The number of ether oxygens (including phenoxy) is 1. The number of aliphatic imine (C=N–C) groups is 1. The molecule has 218 valence electrons. The van der Waals surface area contributed by atoms with E-state index in [0.29, 0.717) is 24.9 Å². The number of amides is 1. The van der Waals surface area contributed by atoms with E-state index in [1.165, 1.54) is 48.9 Å². The minimum absolute atomic E-state index is 0. The number of nitrogens with zero attached hydrogens (tertiary/aromatic N) is 3.